The fourth-order valence-electron chi connectivity index (χ4n) is 4.35. The first-order valence-electron chi connectivity index (χ1n) is 10.9. The first kappa shape index (κ1) is 22.1. The molecule has 1 aromatic heterocycles. The molecule has 1 saturated carbocycles. The lowest BCUT2D eigenvalue weighted by molar-refractivity contribution is 0.0998. The van der Waals surface area contributed by atoms with Crippen LogP contribution in [0.15, 0.2) is 46.3 Å². The van der Waals surface area contributed by atoms with Crippen LogP contribution in [0, 0.1) is 0 Å². The number of sulfonamides is 1. The van der Waals surface area contributed by atoms with Crippen LogP contribution >= 0.6 is 11.3 Å². The number of aromatic nitrogens is 1. The minimum atomic E-state index is -3.60. The quantitative estimate of drug-likeness (QED) is 0.560. The van der Waals surface area contributed by atoms with Crippen LogP contribution in [0.1, 0.15) is 42.5 Å². The molecule has 1 aliphatic carbocycles. The SMILES string of the molecule is CN(C1CCCCC1)S(=O)(=O)c1ccc(C(=O)N=c2sc3cc4c(cc3n2C)OCO4)cc1. The summed E-state index contributed by atoms with van der Waals surface area (Å²) in [5.74, 6) is 0.919. The maximum atomic E-state index is 13.0. The molecule has 1 aliphatic heterocycles. The van der Waals surface area contributed by atoms with E-state index < -0.39 is 15.9 Å². The Morgan fingerprint density at radius 3 is 2.45 bits per heavy atom. The number of ether oxygens (including phenoxy) is 2. The number of fused-ring (bicyclic) bond motifs is 2. The highest BCUT2D eigenvalue weighted by molar-refractivity contribution is 7.89. The number of aryl methyl sites for hydroxylation is 1. The molecule has 10 heteroatoms. The van der Waals surface area contributed by atoms with Gasteiger partial charge in [0.1, 0.15) is 0 Å². The largest absolute Gasteiger partial charge is 0.454 e. The highest BCUT2D eigenvalue weighted by atomic mass is 32.2. The van der Waals surface area contributed by atoms with Crippen molar-refractivity contribution in [3.05, 3.63) is 46.8 Å². The Morgan fingerprint density at radius 1 is 1.09 bits per heavy atom. The molecule has 3 aromatic rings. The smallest absolute Gasteiger partial charge is 0.279 e. The Labute approximate surface area is 196 Å². The summed E-state index contributed by atoms with van der Waals surface area (Å²) in [6.07, 6.45) is 5.04. The van der Waals surface area contributed by atoms with Gasteiger partial charge in [-0.25, -0.2) is 8.42 Å². The molecule has 2 aliphatic rings. The van der Waals surface area contributed by atoms with Crippen LogP contribution in [0.2, 0.25) is 0 Å². The molecule has 2 heterocycles. The molecule has 33 heavy (non-hydrogen) atoms. The highest BCUT2D eigenvalue weighted by Gasteiger charge is 2.29. The summed E-state index contributed by atoms with van der Waals surface area (Å²) in [7, 11) is -0.120. The van der Waals surface area contributed by atoms with Crippen molar-refractivity contribution in [3.8, 4) is 11.5 Å². The number of nitrogens with zero attached hydrogens (tertiary/aromatic N) is 3. The molecule has 174 valence electrons. The first-order chi connectivity index (χ1) is 15.8. The van der Waals surface area contributed by atoms with Crippen LogP contribution in [0.4, 0.5) is 0 Å². The molecule has 8 nitrogen and oxygen atoms in total. The first-order valence-corrected chi connectivity index (χ1v) is 13.2. The van der Waals surface area contributed by atoms with Crippen molar-refractivity contribution < 1.29 is 22.7 Å². The molecule has 0 saturated heterocycles. The number of hydrogen-bond donors (Lipinski definition) is 0. The second kappa shape index (κ2) is 8.58. The van der Waals surface area contributed by atoms with Gasteiger partial charge in [0, 0.05) is 37.8 Å². The Morgan fingerprint density at radius 2 is 1.76 bits per heavy atom. The molecule has 2 aromatic carbocycles. The summed E-state index contributed by atoms with van der Waals surface area (Å²) in [4.78, 5) is 17.8. The van der Waals surface area contributed by atoms with Gasteiger partial charge in [-0.15, -0.1) is 0 Å². The monoisotopic (exact) mass is 487 g/mol. The van der Waals surface area contributed by atoms with E-state index in [1.165, 1.54) is 39.9 Å². The summed E-state index contributed by atoms with van der Waals surface area (Å²) in [6.45, 7) is 0.203. The number of carbonyl (C=O) groups is 1. The number of thiazole rings is 1. The van der Waals surface area contributed by atoms with Crippen LogP contribution in [0.3, 0.4) is 0 Å². The third-order valence-corrected chi connectivity index (χ3v) is 9.39. The van der Waals surface area contributed by atoms with Gasteiger partial charge < -0.3 is 14.0 Å². The van der Waals surface area contributed by atoms with Crippen LogP contribution in [0.5, 0.6) is 11.5 Å². The Kier molecular flexibility index (Phi) is 5.75. The van der Waals surface area contributed by atoms with Crippen molar-refractivity contribution in [1.29, 1.82) is 0 Å². The van der Waals surface area contributed by atoms with E-state index in [-0.39, 0.29) is 17.7 Å². The van der Waals surface area contributed by atoms with Gasteiger partial charge in [-0.3, -0.25) is 4.79 Å². The predicted molar refractivity (Wildman–Crippen MR) is 125 cm³/mol. The fraction of sp³-hybridized carbons (Fsp3) is 0.391. The van der Waals surface area contributed by atoms with Crippen molar-refractivity contribution in [2.45, 2.75) is 43.0 Å². The van der Waals surface area contributed by atoms with Gasteiger partial charge in [-0.1, -0.05) is 30.6 Å². The van der Waals surface area contributed by atoms with Crippen LogP contribution in [0.25, 0.3) is 10.2 Å². The van der Waals surface area contributed by atoms with Crippen molar-refractivity contribution in [3.63, 3.8) is 0 Å². The molecule has 5 rings (SSSR count). The summed E-state index contributed by atoms with van der Waals surface area (Å²) >= 11 is 1.38. The third kappa shape index (κ3) is 4.07. The lowest BCUT2D eigenvalue weighted by atomic mass is 9.96. The molecule has 0 radical (unpaired) electrons. The predicted octanol–water partition coefficient (Wildman–Crippen LogP) is 3.66. The van der Waals surface area contributed by atoms with E-state index in [4.69, 9.17) is 9.47 Å². The maximum absolute atomic E-state index is 13.0. The van der Waals surface area contributed by atoms with E-state index in [2.05, 4.69) is 4.99 Å². The Hall–Kier alpha value is -2.69. The van der Waals surface area contributed by atoms with Gasteiger partial charge in [0.05, 0.1) is 15.1 Å². The van der Waals surface area contributed by atoms with Crippen molar-refractivity contribution in [2.75, 3.05) is 13.8 Å². The normalized spacial score (nSPS) is 17.2. The second-order valence-corrected chi connectivity index (χ2v) is 11.4. The topological polar surface area (TPSA) is 90.2 Å². The van der Waals surface area contributed by atoms with Gasteiger partial charge in [-0.2, -0.15) is 9.30 Å². The highest BCUT2D eigenvalue weighted by Crippen LogP contribution is 2.36. The zero-order chi connectivity index (χ0) is 23.2. The standard InChI is InChI=1S/C23H25N3O5S2/c1-25-18-12-19-20(31-14-30-19)13-21(18)32-23(25)24-22(27)15-8-10-17(11-9-15)33(28,29)26(2)16-6-4-3-5-7-16/h8-13,16H,3-7,14H2,1-2H3. The lowest BCUT2D eigenvalue weighted by Crippen LogP contribution is -2.38. The van der Waals surface area contributed by atoms with Crippen LogP contribution < -0.4 is 14.3 Å². The third-order valence-electron chi connectivity index (χ3n) is 6.37. The van der Waals surface area contributed by atoms with E-state index >= 15 is 0 Å². The molecule has 1 amide bonds. The van der Waals surface area contributed by atoms with E-state index in [1.807, 2.05) is 23.7 Å². The molecule has 0 unspecified atom stereocenters. The summed E-state index contributed by atoms with van der Waals surface area (Å²) in [5, 5.41) is 0. The van der Waals surface area contributed by atoms with Crippen molar-refractivity contribution in [2.24, 2.45) is 12.0 Å². The molecule has 0 atom stereocenters. The van der Waals surface area contributed by atoms with E-state index in [1.54, 1.807) is 7.05 Å². The Bertz CT molecular complexity index is 1380. The summed E-state index contributed by atoms with van der Waals surface area (Å²) < 4.78 is 41.2. The van der Waals surface area contributed by atoms with Crippen LogP contribution in [-0.4, -0.2) is 43.1 Å². The molecule has 0 N–H and O–H groups in total. The van der Waals surface area contributed by atoms with Gasteiger partial charge in [0.15, 0.2) is 16.3 Å². The molecule has 1 fully saturated rings. The molecular weight excluding hydrogens is 462 g/mol. The average molecular weight is 488 g/mol. The van der Waals surface area contributed by atoms with Crippen LogP contribution in [-0.2, 0) is 17.1 Å². The zero-order valence-corrected chi connectivity index (χ0v) is 20.1. The minimum absolute atomic E-state index is 0.0326. The molecule has 0 spiro atoms. The molecule has 0 bridgehead atoms. The summed E-state index contributed by atoms with van der Waals surface area (Å²) in [6, 6.07) is 9.82. The number of benzene rings is 2. The maximum Gasteiger partial charge on any atom is 0.279 e. The van der Waals surface area contributed by atoms with Crippen molar-refractivity contribution in [1.82, 2.24) is 8.87 Å². The number of hydrogen-bond acceptors (Lipinski definition) is 6. The summed E-state index contributed by atoms with van der Waals surface area (Å²) in [5.41, 5.74) is 1.23. The lowest BCUT2D eigenvalue weighted by Gasteiger charge is -2.30. The fourth-order valence-corrected chi connectivity index (χ4v) is 6.79. The number of rotatable bonds is 4. The zero-order valence-electron chi connectivity index (χ0n) is 18.5. The van der Waals surface area contributed by atoms with E-state index in [0.717, 1.165) is 42.3 Å². The number of amides is 1. The molecular formula is C23H25N3O5S2. The van der Waals surface area contributed by atoms with Gasteiger partial charge in [0.25, 0.3) is 5.91 Å². The average Bonchev–Trinajstić information content (AvgIpc) is 3.41. The Balaban J connectivity index is 1.40. The van der Waals surface area contributed by atoms with Gasteiger partial charge in [0.2, 0.25) is 16.8 Å². The van der Waals surface area contributed by atoms with Crippen molar-refractivity contribution >= 4 is 37.5 Å². The van der Waals surface area contributed by atoms with E-state index in [0.29, 0.717) is 21.9 Å². The van der Waals surface area contributed by atoms with Gasteiger partial charge >= 0.3 is 0 Å². The van der Waals surface area contributed by atoms with E-state index in [9.17, 15) is 13.2 Å². The van der Waals surface area contributed by atoms with Gasteiger partial charge in [-0.05, 0) is 37.1 Å². The minimum Gasteiger partial charge on any atom is -0.454 e. The number of carbonyl (C=O) groups excluding carboxylic acids is 1. The second-order valence-electron chi connectivity index (χ2n) is 8.37.